The Morgan fingerprint density at radius 1 is 0.950 bits per heavy atom. The van der Waals surface area contributed by atoms with Crippen molar-refractivity contribution in [1.82, 2.24) is 19.4 Å². The van der Waals surface area contributed by atoms with Gasteiger partial charge in [0.15, 0.2) is 11.3 Å². The van der Waals surface area contributed by atoms with Crippen LogP contribution in [0, 0.1) is 0 Å². The average molecular weight is 262 g/mol. The molecule has 4 aromatic rings. The zero-order valence-electron chi connectivity index (χ0n) is 11.4. The fourth-order valence-corrected chi connectivity index (χ4v) is 2.45. The number of fused-ring (bicyclic) bond motifs is 4. The maximum Gasteiger partial charge on any atom is 0.198 e. The van der Waals surface area contributed by atoms with E-state index in [4.69, 9.17) is 0 Å². The van der Waals surface area contributed by atoms with E-state index in [0.717, 1.165) is 22.3 Å². The van der Waals surface area contributed by atoms with Crippen molar-refractivity contribution in [3.63, 3.8) is 0 Å². The molecule has 0 atom stereocenters. The van der Waals surface area contributed by atoms with Gasteiger partial charge >= 0.3 is 0 Å². The van der Waals surface area contributed by atoms with Crippen molar-refractivity contribution >= 4 is 28.0 Å². The van der Waals surface area contributed by atoms with Gasteiger partial charge in [0.25, 0.3) is 0 Å². The molecule has 0 radical (unpaired) electrons. The summed E-state index contributed by atoms with van der Waals surface area (Å²) in [7, 11) is 0. The molecule has 0 N–H and O–H groups in total. The molecule has 4 rings (SSSR count). The Morgan fingerprint density at radius 3 is 2.45 bits per heavy atom. The molecule has 0 fully saturated rings. The minimum atomic E-state index is 0.486. The van der Waals surface area contributed by atoms with Crippen LogP contribution in [-0.2, 0) is 0 Å². The van der Waals surface area contributed by atoms with Crippen LogP contribution in [0.1, 0.15) is 25.3 Å². The molecular formula is C16H14N4. The number of hydrogen-bond donors (Lipinski definition) is 0. The van der Waals surface area contributed by atoms with Crippen LogP contribution in [0.5, 0.6) is 0 Å². The molecule has 4 heteroatoms. The molecule has 98 valence electrons. The van der Waals surface area contributed by atoms with Crippen LogP contribution >= 0.6 is 0 Å². The number of pyridine rings is 1. The molecule has 0 saturated heterocycles. The Labute approximate surface area is 116 Å². The maximum atomic E-state index is 4.68. The zero-order valence-corrected chi connectivity index (χ0v) is 11.4. The van der Waals surface area contributed by atoms with Gasteiger partial charge in [-0.15, -0.1) is 0 Å². The van der Waals surface area contributed by atoms with Crippen LogP contribution < -0.4 is 0 Å². The molecule has 0 bridgehead atoms. The Kier molecular flexibility index (Phi) is 2.27. The van der Waals surface area contributed by atoms with Gasteiger partial charge in [-0.05, 0) is 35.7 Å². The predicted octanol–water partition coefficient (Wildman–Crippen LogP) is 3.55. The first-order valence-electron chi connectivity index (χ1n) is 6.77. The van der Waals surface area contributed by atoms with Crippen LogP contribution in [0.25, 0.3) is 28.0 Å². The first kappa shape index (κ1) is 11.3. The van der Waals surface area contributed by atoms with E-state index >= 15 is 0 Å². The van der Waals surface area contributed by atoms with E-state index in [0.29, 0.717) is 11.6 Å². The van der Waals surface area contributed by atoms with Gasteiger partial charge in [-0.1, -0.05) is 26.0 Å². The largest absolute Gasteiger partial charge is 0.283 e. The highest BCUT2D eigenvalue weighted by molar-refractivity contribution is 5.84. The second kappa shape index (κ2) is 4.00. The number of para-hydroxylation sites is 2. The first-order chi connectivity index (χ1) is 9.72. The van der Waals surface area contributed by atoms with Crippen molar-refractivity contribution in [2.75, 3.05) is 0 Å². The van der Waals surface area contributed by atoms with Gasteiger partial charge < -0.3 is 0 Å². The summed E-state index contributed by atoms with van der Waals surface area (Å²) in [4.78, 5) is 13.9. The predicted molar refractivity (Wildman–Crippen MR) is 79.9 cm³/mol. The number of benzene rings is 1. The van der Waals surface area contributed by atoms with E-state index in [1.165, 1.54) is 5.56 Å². The molecule has 0 aliphatic heterocycles. The fourth-order valence-electron chi connectivity index (χ4n) is 2.45. The molecule has 3 aromatic heterocycles. The monoisotopic (exact) mass is 262 g/mol. The summed E-state index contributed by atoms with van der Waals surface area (Å²) in [6.07, 6.45) is 2.03. The lowest BCUT2D eigenvalue weighted by Gasteiger charge is -2.04. The lowest BCUT2D eigenvalue weighted by molar-refractivity contribution is 0.863. The first-order valence-corrected chi connectivity index (χ1v) is 6.77. The summed E-state index contributed by atoms with van der Waals surface area (Å²) < 4.78 is 2.00. The Morgan fingerprint density at radius 2 is 1.70 bits per heavy atom. The highest BCUT2D eigenvalue weighted by atomic mass is 15.1. The molecular weight excluding hydrogens is 248 g/mol. The maximum absolute atomic E-state index is 4.68. The quantitative estimate of drug-likeness (QED) is 0.527. The summed E-state index contributed by atoms with van der Waals surface area (Å²) in [5, 5.41) is 0. The molecule has 0 unspecified atom stereocenters. The second-order valence-electron chi connectivity index (χ2n) is 5.31. The van der Waals surface area contributed by atoms with Gasteiger partial charge in [0.05, 0.1) is 11.0 Å². The third-order valence-electron chi connectivity index (χ3n) is 3.61. The van der Waals surface area contributed by atoms with E-state index < -0.39 is 0 Å². The van der Waals surface area contributed by atoms with E-state index in [-0.39, 0.29) is 0 Å². The van der Waals surface area contributed by atoms with Crippen LogP contribution in [0.4, 0.5) is 0 Å². The normalized spacial score (nSPS) is 11.9. The van der Waals surface area contributed by atoms with Gasteiger partial charge in [0.2, 0.25) is 0 Å². The number of imidazole rings is 1. The summed E-state index contributed by atoms with van der Waals surface area (Å²) in [6.45, 7) is 4.36. The van der Waals surface area contributed by atoms with E-state index in [2.05, 4.69) is 40.9 Å². The number of rotatable bonds is 1. The molecule has 0 amide bonds. The minimum absolute atomic E-state index is 0.486. The average Bonchev–Trinajstić information content (AvgIpc) is 2.81. The van der Waals surface area contributed by atoms with Crippen LogP contribution in [0.3, 0.4) is 0 Å². The van der Waals surface area contributed by atoms with Gasteiger partial charge in [-0.2, -0.15) is 0 Å². The molecule has 0 aliphatic carbocycles. The molecule has 1 aromatic carbocycles. The molecule has 0 spiro atoms. The minimum Gasteiger partial charge on any atom is -0.283 e. The number of hydrogen-bond acceptors (Lipinski definition) is 3. The SMILES string of the molecule is CC(C)c1ccn2c(c1)nc1nc3ccccc3nc12. The Hall–Kier alpha value is -2.49. The van der Waals surface area contributed by atoms with Crippen LogP contribution in [0.15, 0.2) is 42.6 Å². The number of aromatic nitrogens is 4. The fraction of sp³-hybridized carbons (Fsp3) is 0.188. The van der Waals surface area contributed by atoms with Crippen molar-refractivity contribution in [2.45, 2.75) is 19.8 Å². The van der Waals surface area contributed by atoms with Gasteiger partial charge in [-0.3, -0.25) is 4.40 Å². The number of nitrogens with zero attached hydrogens (tertiary/aromatic N) is 4. The summed E-state index contributed by atoms with van der Waals surface area (Å²) >= 11 is 0. The van der Waals surface area contributed by atoms with Gasteiger partial charge in [0.1, 0.15) is 5.65 Å². The molecule has 4 nitrogen and oxygen atoms in total. The van der Waals surface area contributed by atoms with E-state index in [1.54, 1.807) is 0 Å². The van der Waals surface area contributed by atoms with Crippen molar-refractivity contribution in [2.24, 2.45) is 0 Å². The highest BCUT2D eigenvalue weighted by Crippen LogP contribution is 2.21. The molecule has 0 saturated carbocycles. The lowest BCUT2D eigenvalue weighted by Crippen LogP contribution is -1.92. The topological polar surface area (TPSA) is 43.1 Å². The van der Waals surface area contributed by atoms with Crippen LogP contribution in [0.2, 0.25) is 0 Å². The third-order valence-corrected chi connectivity index (χ3v) is 3.61. The van der Waals surface area contributed by atoms with Gasteiger partial charge in [-0.25, -0.2) is 15.0 Å². The smallest absolute Gasteiger partial charge is 0.198 e. The van der Waals surface area contributed by atoms with Crippen molar-refractivity contribution in [3.8, 4) is 0 Å². The summed E-state index contributed by atoms with van der Waals surface area (Å²) in [5.74, 6) is 0.486. The van der Waals surface area contributed by atoms with Crippen LogP contribution in [-0.4, -0.2) is 19.4 Å². The van der Waals surface area contributed by atoms with E-state index in [1.807, 2.05) is 34.9 Å². The van der Waals surface area contributed by atoms with Crippen molar-refractivity contribution in [1.29, 1.82) is 0 Å². The molecule has 20 heavy (non-hydrogen) atoms. The molecule has 0 aliphatic rings. The third kappa shape index (κ3) is 1.58. The van der Waals surface area contributed by atoms with Crippen molar-refractivity contribution < 1.29 is 0 Å². The lowest BCUT2D eigenvalue weighted by atomic mass is 10.1. The molecule has 3 heterocycles. The standard InChI is InChI=1S/C16H14N4/c1-10(2)11-7-8-20-14(9-11)19-15-16(20)18-13-6-4-3-5-12(13)17-15/h3-10H,1-2H3. The second-order valence-corrected chi connectivity index (χ2v) is 5.31. The Bertz CT molecular complexity index is 937. The van der Waals surface area contributed by atoms with E-state index in [9.17, 15) is 0 Å². The van der Waals surface area contributed by atoms with Gasteiger partial charge in [0, 0.05) is 6.20 Å². The van der Waals surface area contributed by atoms with Crippen molar-refractivity contribution in [3.05, 3.63) is 48.2 Å². The Balaban J connectivity index is 2.10. The highest BCUT2D eigenvalue weighted by Gasteiger charge is 2.10. The summed E-state index contributed by atoms with van der Waals surface area (Å²) in [6, 6.07) is 12.1. The summed E-state index contributed by atoms with van der Waals surface area (Å²) in [5.41, 5.74) is 5.47. The zero-order chi connectivity index (χ0) is 13.7.